The summed E-state index contributed by atoms with van der Waals surface area (Å²) >= 11 is 1.56. The molecule has 0 saturated heterocycles. The smallest absolute Gasteiger partial charge is 0.328 e. The molecule has 0 fully saturated rings. The van der Waals surface area contributed by atoms with E-state index in [9.17, 15) is 9.59 Å². The average molecular weight is 417 g/mol. The van der Waals surface area contributed by atoms with Crippen LogP contribution in [0.3, 0.4) is 0 Å². The Morgan fingerprint density at radius 3 is 2.53 bits per heavy atom. The van der Waals surface area contributed by atoms with Gasteiger partial charge >= 0.3 is 5.97 Å². The molecule has 0 bridgehead atoms. The minimum atomic E-state index is -0.790. The minimum Gasteiger partial charge on any atom is -0.467 e. The number of para-hydroxylation sites is 1. The number of esters is 1. The van der Waals surface area contributed by atoms with Gasteiger partial charge in [0, 0.05) is 11.8 Å². The molecule has 0 aliphatic heterocycles. The third-order valence-corrected chi connectivity index (χ3v) is 5.70. The van der Waals surface area contributed by atoms with Crippen molar-refractivity contribution in [3.05, 3.63) is 89.3 Å². The number of carbonyl (C=O) groups is 2. The molecule has 0 aliphatic carbocycles. The number of fused-ring (bicyclic) bond motifs is 1. The number of amides is 1. The standard InChI is InChI=1S/C24H20N2O3S/c1-29-24(28)21(14-16-8-3-2-4-9-16)26-23(27)18-15-20(22-12-7-13-30-22)25-19-11-6-5-10-17(18)19/h2-13,15,21H,14H2,1H3,(H,26,27)/t21-/m0/s1. The van der Waals surface area contributed by atoms with Gasteiger partial charge in [0.05, 0.1) is 28.8 Å². The third kappa shape index (κ3) is 4.23. The summed E-state index contributed by atoms with van der Waals surface area (Å²) in [4.78, 5) is 31.3. The van der Waals surface area contributed by atoms with Crippen molar-refractivity contribution >= 4 is 34.1 Å². The van der Waals surface area contributed by atoms with E-state index in [1.165, 1.54) is 7.11 Å². The summed E-state index contributed by atoms with van der Waals surface area (Å²) < 4.78 is 4.93. The van der Waals surface area contributed by atoms with Crippen LogP contribution in [-0.2, 0) is 16.0 Å². The maximum Gasteiger partial charge on any atom is 0.328 e. The van der Waals surface area contributed by atoms with Crippen molar-refractivity contribution in [1.29, 1.82) is 0 Å². The number of nitrogens with one attached hydrogen (secondary N) is 1. The molecule has 2 aromatic carbocycles. The van der Waals surface area contributed by atoms with E-state index in [-0.39, 0.29) is 5.91 Å². The Balaban J connectivity index is 1.69. The highest BCUT2D eigenvalue weighted by molar-refractivity contribution is 7.13. The topological polar surface area (TPSA) is 68.3 Å². The van der Waals surface area contributed by atoms with Gasteiger partial charge < -0.3 is 10.1 Å². The SMILES string of the molecule is COC(=O)[C@H](Cc1ccccc1)NC(=O)c1cc(-c2cccs2)nc2ccccc12. The second-order valence-electron chi connectivity index (χ2n) is 6.79. The van der Waals surface area contributed by atoms with Gasteiger partial charge in [-0.3, -0.25) is 4.79 Å². The number of ether oxygens (including phenoxy) is 1. The number of hydrogen-bond donors (Lipinski definition) is 1. The van der Waals surface area contributed by atoms with Crippen LogP contribution in [-0.4, -0.2) is 30.0 Å². The predicted molar refractivity (Wildman–Crippen MR) is 118 cm³/mol. The Bertz CT molecular complexity index is 1170. The van der Waals surface area contributed by atoms with Crippen LogP contribution in [0.5, 0.6) is 0 Å². The van der Waals surface area contributed by atoms with Crippen LogP contribution < -0.4 is 5.32 Å². The molecule has 0 unspecified atom stereocenters. The van der Waals surface area contributed by atoms with Gasteiger partial charge in [-0.15, -0.1) is 11.3 Å². The molecule has 1 atom stereocenters. The van der Waals surface area contributed by atoms with E-state index < -0.39 is 12.0 Å². The highest BCUT2D eigenvalue weighted by Crippen LogP contribution is 2.28. The molecule has 1 amide bonds. The zero-order valence-electron chi connectivity index (χ0n) is 16.4. The normalized spacial score (nSPS) is 11.8. The van der Waals surface area contributed by atoms with E-state index in [1.807, 2.05) is 72.1 Å². The lowest BCUT2D eigenvalue weighted by Crippen LogP contribution is -2.43. The Morgan fingerprint density at radius 1 is 1.03 bits per heavy atom. The summed E-state index contributed by atoms with van der Waals surface area (Å²) in [5, 5.41) is 5.57. The molecule has 6 heteroatoms. The fraction of sp³-hybridized carbons (Fsp3) is 0.125. The van der Waals surface area contributed by atoms with Crippen LogP contribution in [0.25, 0.3) is 21.5 Å². The van der Waals surface area contributed by atoms with Crippen molar-refractivity contribution < 1.29 is 14.3 Å². The number of rotatable bonds is 6. The number of benzene rings is 2. The first-order chi connectivity index (χ1) is 14.7. The molecular formula is C24H20N2O3S. The second-order valence-corrected chi connectivity index (χ2v) is 7.74. The molecule has 5 nitrogen and oxygen atoms in total. The van der Waals surface area contributed by atoms with Crippen LogP contribution in [0.2, 0.25) is 0 Å². The zero-order chi connectivity index (χ0) is 20.9. The maximum atomic E-state index is 13.3. The molecule has 2 heterocycles. The summed E-state index contributed by atoms with van der Waals surface area (Å²) in [5.41, 5.74) is 2.87. The van der Waals surface area contributed by atoms with Gasteiger partial charge in [0.15, 0.2) is 0 Å². The first kappa shape index (κ1) is 19.8. The molecule has 30 heavy (non-hydrogen) atoms. The van der Waals surface area contributed by atoms with Crippen molar-refractivity contribution in [2.45, 2.75) is 12.5 Å². The van der Waals surface area contributed by atoms with Gasteiger partial charge in [-0.1, -0.05) is 54.6 Å². The lowest BCUT2D eigenvalue weighted by atomic mass is 10.0. The average Bonchev–Trinajstić information content (AvgIpc) is 3.33. The number of aromatic nitrogens is 1. The Morgan fingerprint density at radius 2 is 1.80 bits per heavy atom. The predicted octanol–water partition coefficient (Wildman–Crippen LogP) is 4.48. The van der Waals surface area contributed by atoms with Crippen molar-refractivity contribution in [3.63, 3.8) is 0 Å². The summed E-state index contributed by atoms with van der Waals surface area (Å²) in [6, 6.07) is 21.9. The molecule has 4 aromatic rings. The molecule has 0 spiro atoms. The van der Waals surface area contributed by atoms with Gasteiger partial charge in [-0.2, -0.15) is 0 Å². The highest BCUT2D eigenvalue weighted by Gasteiger charge is 2.24. The van der Waals surface area contributed by atoms with Gasteiger partial charge in [-0.05, 0) is 29.1 Å². The minimum absolute atomic E-state index is 0.335. The van der Waals surface area contributed by atoms with Crippen molar-refractivity contribution in [2.75, 3.05) is 7.11 Å². The summed E-state index contributed by atoms with van der Waals surface area (Å²) in [6.07, 6.45) is 0.347. The fourth-order valence-corrected chi connectivity index (χ4v) is 4.02. The quantitative estimate of drug-likeness (QED) is 0.471. The van der Waals surface area contributed by atoms with Crippen LogP contribution in [0, 0.1) is 0 Å². The van der Waals surface area contributed by atoms with E-state index in [0.717, 1.165) is 27.0 Å². The number of nitrogens with zero attached hydrogens (tertiary/aromatic N) is 1. The van der Waals surface area contributed by atoms with Crippen molar-refractivity contribution in [1.82, 2.24) is 10.3 Å². The lowest BCUT2D eigenvalue weighted by molar-refractivity contribution is -0.142. The summed E-state index contributed by atoms with van der Waals surface area (Å²) in [5.74, 6) is -0.818. The van der Waals surface area contributed by atoms with E-state index in [1.54, 1.807) is 17.4 Å². The van der Waals surface area contributed by atoms with E-state index in [4.69, 9.17) is 9.72 Å². The van der Waals surface area contributed by atoms with E-state index >= 15 is 0 Å². The molecule has 150 valence electrons. The van der Waals surface area contributed by atoms with Crippen LogP contribution in [0.1, 0.15) is 15.9 Å². The molecule has 0 radical (unpaired) electrons. The van der Waals surface area contributed by atoms with Gasteiger partial charge in [0.2, 0.25) is 0 Å². The van der Waals surface area contributed by atoms with Gasteiger partial charge in [0.25, 0.3) is 5.91 Å². The van der Waals surface area contributed by atoms with E-state index in [2.05, 4.69) is 5.32 Å². The third-order valence-electron chi connectivity index (χ3n) is 4.81. The fourth-order valence-electron chi connectivity index (χ4n) is 3.34. The number of pyridine rings is 1. The Hall–Kier alpha value is -3.51. The highest BCUT2D eigenvalue weighted by atomic mass is 32.1. The maximum absolute atomic E-state index is 13.3. The number of thiophene rings is 1. The monoisotopic (exact) mass is 416 g/mol. The first-order valence-corrected chi connectivity index (χ1v) is 10.4. The molecule has 0 saturated carbocycles. The van der Waals surface area contributed by atoms with E-state index in [0.29, 0.717) is 12.0 Å². The summed E-state index contributed by atoms with van der Waals surface area (Å²) in [6.45, 7) is 0. The molecular weight excluding hydrogens is 396 g/mol. The molecule has 0 aliphatic rings. The van der Waals surface area contributed by atoms with Crippen molar-refractivity contribution in [2.24, 2.45) is 0 Å². The van der Waals surface area contributed by atoms with Gasteiger partial charge in [-0.25, -0.2) is 9.78 Å². The number of carbonyl (C=O) groups excluding carboxylic acids is 2. The second kappa shape index (κ2) is 8.88. The van der Waals surface area contributed by atoms with Crippen LogP contribution in [0.15, 0.2) is 78.2 Å². The number of methoxy groups -OCH3 is 1. The number of hydrogen-bond acceptors (Lipinski definition) is 5. The Kier molecular flexibility index (Phi) is 5.86. The molecule has 1 N–H and O–H groups in total. The summed E-state index contributed by atoms with van der Waals surface area (Å²) in [7, 11) is 1.32. The zero-order valence-corrected chi connectivity index (χ0v) is 17.2. The van der Waals surface area contributed by atoms with Crippen LogP contribution in [0.4, 0.5) is 0 Å². The largest absolute Gasteiger partial charge is 0.467 e. The first-order valence-electron chi connectivity index (χ1n) is 9.52. The Labute approximate surface area is 178 Å². The lowest BCUT2D eigenvalue weighted by Gasteiger charge is -2.17. The molecule has 2 aromatic heterocycles. The van der Waals surface area contributed by atoms with Gasteiger partial charge in [0.1, 0.15) is 6.04 Å². The van der Waals surface area contributed by atoms with Crippen LogP contribution >= 0.6 is 11.3 Å². The molecule has 4 rings (SSSR count). The van der Waals surface area contributed by atoms with Crippen molar-refractivity contribution in [3.8, 4) is 10.6 Å².